The fourth-order valence-electron chi connectivity index (χ4n) is 3.46. The zero-order valence-corrected chi connectivity index (χ0v) is 16.9. The number of para-hydroxylation sites is 3. The van der Waals surface area contributed by atoms with Gasteiger partial charge in [-0.15, -0.1) is 0 Å². The van der Waals surface area contributed by atoms with Gasteiger partial charge in [0.05, 0.1) is 19.2 Å². The van der Waals surface area contributed by atoms with Crippen LogP contribution >= 0.6 is 6.04 Å². The molecule has 27 heavy (non-hydrogen) atoms. The van der Waals surface area contributed by atoms with Gasteiger partial charge in [0, 0.05) is 29.4 Å². The van der Waals surface area contributed by atoms with Gasteiger partial charge in [0.25, 0.3) is 0 Å². The molecule has 3 nitrogen and oxygen atoms in total. The number of nitrogens with zero attached hydrogens (tertiary/aromatic N) is 2. The number of benzene rings is 3. The van der Waals surface area contributed by atoms with Crippen molar-refractivity contribution in [2.45, 2.75) is 0 Å². The lowest BCUT2D eigenvalue weighted by Crippen LogP contribution is -2.45. The molecule has 0 bridgehead atoms. The highest BCUT2D eigenvalue weighted by atomic mass is 32.4. The standard InChI is InChI=1S/C22H24N3PS/c27-26(16-23-20-10-4-1-5-11-20)18-24(21-12-6-2-7-13-21)17-25(19-26)22-14-8-3-9-15-22/h1-15,23H,16-19H2. The third-order valence-corrected chi connectivity index (χ3v) is 8.31. The number of nitrogens with one attached hydrogen (secondary N) is 1. The molecule has 0 saturated carbocycles. The zero-order valence-electron chi connectivity index (χ0n) is 15.2. The number of rotatable bonds is 5. The van der Waals surface area contributed by atoms with Crippen LogP contribution in [0, 0.1) is 0 Å². The molecule has 3 aromatic carbocycles. The van der Waals surface area contributed by atoms with E-state index >= 15 is 0 Å². The minimum absolute atomic E-state index is 0.860. The van der Waals surface area contributed by atoms with E-state index in [2.05, 4.69) is 100 Å². The van der Waals surface area contributed by atoms with Gasteiger partial charge in [0.1, 0.15) is 0 Å². The van der Waals surface area contributed by atoms with Crippen molar-refractivity contribution in [1.29, 1.82) is 0 Å². The van der Waals surface area contributed by atoms with Gasteiger partial charge < -0.3 is 15.1 Å². The lowest BCUT2D eigenvalue weighted by atomic mass is 10.3. The molecule has 0 amide bonds. The van der Waals surface area contributed by atoms with Crippen molar-refractivity contribution in [3.05, 3.63) is 91.0 Å². The lowest BCUT2D eigenvalue weighted by Gasteiger charge is -2.44. The van der Waals surface area contributed by atoms with E-state index in [1.54, 1.807) is 0 Å². The first-order valence-electron chi connectivity index (χ1n) is 9.18. The summed E-state index contributed by atoms with van der Waals surface area (Å²) in [5, 5.41) is 3.59. The average molecular weight is 393 g/mol. The Labute approximate surface area is 166 Å². The summed E-state index contributed by atoms with van der Waals surface area (Å²) in [6.45, 7) is 0.873. The van der Waals surface area contributed by atoms with Gasteiger partial charge in [-0.2, -0.15) is 0 Å². The maximum atomic E-state index is 6.27. The summed E-state index contributed by atoms with van der Waals surface area (Å²) in [6.07, 6.45) is 2.77. The molecule has 5 heteroatoms. The summed E-state index contributed by atoms with van der Waals surface area (Å²) >= 11 is 6.27. The molecule has 0 atom stereocenters. The van der Waals surface area contributed by atoms with Crippen LogP contribution in [-0.4, -0.2) is 25.5 Å². The zero-order chi connectivity index (χ0) is 18.5. The van der Waals surface area contributed by atoms with Crippen molar-refractivity contribution >= 4 is 34.9 Å². The van der Waals surface area contributed by atoms with Gasteiger partial charge in [-0.1, -0.05) is 66.4 Å². The second-order valence-electron chi connectivity index (χ2n) is 6.93. The highest BCUT2D eigenvalue weighted by molar-refractivity contribution is 8.14. The van der Waals surface area contributed by atoms with Crippen LogP contribution in [0.25, 0.3) is 0 Å². The largest absolute Gasteiger partial charge is 0.380 e. The van der Waals surface area contributed by atoms with Gasteiger partial charge in [-0.05, 0) is 36.4 Å². The fourth-order valence-corrected chi connectivity index (χ4v) is 7.00. The Hall–Kier alpha value is -2.29. The van der Waals surface area contributed by atoms with Crippen LogP contribution < -0.4 is 15.1 Å². The van der Waals surface area contributed by atoms with E-state index in [1.807, 2.05) is 6.07 Å². The molecule has 1 fully saturated rings. The molecular weight excluding hydrogens is 369 g/mol. The molecule has 3 aromatic rings. The molecule has 0 unspecified atom stereocenters. The predicted molar refractivity (Wildman–Crippen MR) is 122 cm³/mol. The molecule has 0 aromatic heterocycles. The first kappa shape index (κ1) is 18.1. The molecule has 0 spiro atoms. The van der Waals surface area contributed by atoms with Crippen LogP contribution in [0.1, 0.15) is 0 Å². The van der Waals surface area contributed by atoms with Crippen molar-refractivity contribution in [1.82, 2.24) is 0 Å². The van der Waals surface area contributed by atoms with Crippen LogP contribution in [0.3, 0.4) is 0 Å². The Morgan fingerprint density at radius 1 is 0.704 bits per heavy atom. The highest BCUT2D eigenvalue weighted by Gasteiger charge is 2.30. The third-order valence-electron chi connectivity index (χ3n) is 4.79. The molecule has 0 aliphatic carbocycles. The number of hydrogen-bond acceptors (Lipinski definition) is 4. The first-order chi connectivity index (χ1) is 13.2. The fraction of sp³-hybridized carbons (Fsp3) is 0.182. The van der Waals surface area contributed by atoms with E-state index in [-0.39, 0.29) is 0 Å². The van der Waals surface area contributed by atoms with E-state index in [0.29, 0.717) is 0 Å². The maximum absolute atomic E-state index is 6.27. The number of anilines is 3. The Morgan fingerprint density at radius 2 is 1.15 bits per heavy atom. The highest BCUT2D eigenvalue weighted by Crippen LogP contribution is 2.51. The van der Waals surface area contributed by atoms with Crippen LogP contribution in [0.5, 0.6) is 0 Å². The molecule has 1 aliphatic rings. The summed E-state index contributed by atoms with van der Waals surface area (Å²) < 4.78 is 0. The second-order valence-corrected chi connectivity index (χ2v) is 12.3. The third kappa shape index (κ3) is 4.52. The minimum atomic E-state index is -1.65. The normalized spacial score (nSPS) is 16.1. The predicted octanol–water partition coefficient (Wildman–Crippen LogP) is 5.43. The van der Waals surface area contributed by atoms with Crippen molar-refractivity contribution in [2.75, 3.05) is 40.6 Å². The summed E-state index contributed by atoms with van der Waals surface area (Å²) in [5.41, 5.74) is 3.63. The van der Waals surface area contributed by atoms with Crippen LogP contribution in [0.4, 0.5) is 17.1 Å². The van der Waals surface area contributed by atoms with Crippen LogP contribution in [-0.2, 0) is 11.8 Å². The second kappa shape index (κ2) is 8.16. The molecule has 138 valence electrons. The van der Waals surface area contributed by atoms with Gasteiger partial charge in [-0.3, -0.25) is 0 Å². The van der Waals surface area contributed by atoms with Crippen molar-refractivity contribution in [3.8, 4) is 0 Å². The molecule has 1 saturated heterocycles. The van der Waals surface area contributed by atoms with E-state index in [9.17, 15) is 0 Å². The molecular formula is C22H24N3PS. The van der Waals surface area contributed by atoms with Gasteiger partial charge >= 0.3 is 0 Å². The average Bonchev–Trinajstić information content (AvgIpc) is 2.74. The van der Waals surface area contributed by atoms with E-state index < -0.39 is 6.04 Å². The van der Waals surface area contributed by atoms with E-state index in [0.717, 1.165) is 31.2 Å². The Kier molecular flexibility index (Phi) is 5.47. The minimum Gasteiger partial charge on any atom is -0.380 e. The van der Waals surface area contributed by atoms with Crippen molar-refractivity contribution < 1.29 is 0 Å². The summed E-state index contributed by atoms with van der Waals surface area (Å²) in [4.78, 5) is 4.87. The Bertz CT molecular complexity index is 851. The Balaban J connectivity index is 1.58. The SMILES string of the molecule is S=P1(CNc2ccccc2)CN(c2ccccc2)CN(c2ccccc2)C1. The molecule has 1 N–H and O–H groups in total. The molecule has 0 radical (unpaired) electrons. The lowest BCUT2D eigenvalue weighted by molar-refractivity contribution is 0.795. The summed E-state index contributed by atoms with van der Waals surface area (Å²) in [7, 11) is 0. The number of hydrogen-bond donors (Lipinski definition) is 1. The quantitative estimate of drug-likeness (QED) is 0.582. The van der Waals surface area contributed by atoms with E-state index in [4.69, 9.17) is 11.8 Å². The van der Waals surface area contributed by atoms with Crippen LogP contribution in [0.15, 0.2) is 91.0 Å². The molecule has 4 rings (SSSR count). The van der Waals surface area contributed by atoms with Crippen molar-refractivity contribution in [3.63, 3.8) is 0 Å². The van der Waals surface area contributed by atoms with Gasteiger partial charge in [-0.25, -0.2) is 0 Å². The van der Waals surface area contributed by atoms with Gasteiger partial charge in [0.2, 0.25) is 0 Å². The van der Waals surface area contributed by atoms with Crippen molar-refractivity contribution in [2.24, 2.45) is 0 Å². The first-order valence-corrected chi connectivity index (χ1v) is 12.5. The monoisotopic (exact) mass is 393 g/mol. The summed E-state index contributed by atoms with van der Waals surface area (Å²) in [6, 6.07) is 30.0. The van der Waals surface area contributed by atoms with E-state index in [1.165, 1.54) is 11.4 Å². The molecule has 1 heterocycles. The smallest absolute Gasteiger partial charge is 0.0910 e. The maximum Gasteiger partial charge on any atom is 0.0910 e. The van der Waals surface area contributed by atoms with Crippen LogP contribution in [0.2, 0.25) is 0 Å². The van der Waals surface area contributed by atoms with Gasteiger partial charge in [0.15, 0.2) is 0 Å². The Morgan fingerprint density at radius 3 is 1.63 bits per heavy atom. The summed E-state index contributed by atoms with van der Waals surface area (Å²) in [5.74, 6) is 0. The topological polar surface area (TPSA) is 18.5 Å². The molecule has 1 aliphatic heterocycles.